The Hall–Kier alpha value is -3.19. The monoisotopic (exact) mass is 375 g/mol. The standard InChI is InChI=1S/C21H21N5O2/c1-11(27)12-6-3-4-7-13(12)15-10-16(15)19-24-20-14-8-5-9-17(28-2)18(14)23-21(22)26(20)25-19/h3-9,11,15-16,27H,10H2,1-2H3,(H2,22,23). The van der Waals surface area contributed by atoms with Crippen molar-refractivity contribution in [3.8, 4) is 5.75 Å². The van der Waals surface area contributed by atoms with Crippen molar-refractivity contribution in [2.75, 3.05) is 12.8 Å². The lowest BCUT2D eigenvalue weighted by Gasteiger charge is -2.11. The number of hydrogen-bond donors (Lipinski definition) is 2. The summed E-state index contributed by atoms with van der Waals surface area (Å²) in [7, 11) is 1.61. The highest BCUT2D eigenvalue weighted by Crippen LogP contribution is 2.55. The molecule has 0 aliphatic heterocycles. The van der Waals surface area contributed by atoms with Crippen LogP contribution in [0.1, 0.15) is 48.2 Å². The summed E-state index contributed by atoms with van der Waals surface area (Å²) in [6.07, 6.45) is 0.456. The molecule has 4 aromatic rings. The third kappa shape index (κ3) is 2.51. The Bertz CT molecular complexity index is 1200. The van der Waals surface area contributed by atoms with Crippen LogP contribution >= 0.6 is 0 Å². The van der Waals surface area contributed by atoms with Crippen molar-refractivity contribution in [2.45, 2.75) is 31.3 Å². The highest BCUT2D eigenvalue weighted by atomic mass is 16.5. The van der Waals surface area contributed by atoms with Crippen LogP contribution in [0.25, 0.3) is 16.6 Å². The molecule has 0 spiro atoms. The van der Waals surface area contributed by atoms with E-state index in [1.165, 1.54) is 5.56 Å². The van der Waals surface area contributed by atoms with Crippen molar-refractivity contribution >= 4 is 22.5 Å². The number of methoxy groups -OCH3 is 1. The van der Waals surface area contributed by atoms with E-state index in [0.717, 1.165) is 23.2 Å². The zero-order chi connectivity index (χ0) is 19.4. The smallest absolute Gasteiger partial charge is 0.223 e. The van der Waals surface area contributed by atoms with Gasteiger partial charge >= 0.3 is 0 Å². The fraction of sp³-hybridized carbons (Fsp3) is 0.286. The molecule has 7 nitrogen and oxygen atoms in total. The average Bonchev–Trinajstić information content (AvgIpc) is 3.37. The van der Waals surface area contributed by atoms with Crippen LogP contribution in [0.5, 0.6) is 5.75 Å². The van der Waals surface area contributed by atoms with E-state index in [-0.39, 0.29) is 11.9 Å². The SMILES string of the molecule is COc1cccc2c1nc(N)n1nc(C3CC3c3ccccc3C(C)O)nc21. The number of nitrogens with zero attached hydrogens (tertiary/aromatic N) is 4. The lowest BCUT2D eigenvalue weighted by Crippen LogP contribution is -2.03. The van der Waals surface area contributed by atoms with Crippen molar-refractivity contribution < 1.29 is 9.84 Å². The molecule has 1 fully saturated rings. The Morgan fingerprint density at radius 3 is 2.75 bits per heavy atom. The number of fused-ring (bicyclic) bond motifs is 3. The first kappa shape index (κ1) is 16.9. The summed E-state index contributed by atoms with van der Waals surface area (Å²) in [5, 5.41) is 15.6. The van der Waals surface area contributed by atoms with E-state index in [2.05, 4.69) is 16.1 Å². The van der Waals surface area contributed by atoms with Crippen LogP contribution in [-0.2, 0) is 0 Å². The number of rotatable bonds is 4. The second-order valence-corrected chi connectivity index (χ2v) is 7.29. The van der Waals surface area contributed by atoms with Gasteiger partial charge in [-0.1, -0.05) is 30.3 Å². The minimum absolute atomic E-state index is 0.208. The molecule has 1 saturated carbocycles. The minimum atomic E-state index is -0.497. The minimum Gasteiger partial charge on any atom is -0.494 e. The Kier molecular flexibility index (Phi) is 3.73. The van der Waals surface area contributed by atoms with Gasteiger partial charge in [0.1, 0.15) is 11.3 Å². The van der Waals surface area contributed by atoms with Crippen LogP contribution in [0.3, 0.4) is 0 Å². The fourth-order valence-electron chi connectivity index (χ4n) is 4.02. The number of nitrogen functional groups attached to an aromatic ring is 1. The molecule has 142 valence electrons. The second-order valence-electron chi connectivity index (χ2n) is 7.29. The number of hydrogen-bond acceptors (Lipinski definition) is 6. The first-order chi connectivity index (χ1) is 13.6. The van der Waals surface area contributed by atoms with E-state index in [1.807, 2.05) is 36.4 Å². The molecule has 3 N–H and O–H groups in total. The number of para-hydroxylation sites is 1. The van der Waals surface area contributed by atoms with E-state index in [9.17, 15) is 5.11 Å². The number of aromatic nitrogens is 4. The molecule has 0 bridgehead atoms. The van der Waals surface area contributed by atoms with E-state index in [4.69, 9.17) is 15.5 Å². The third-order valence-electron chi connectivity index (χ3n) is 5.49. The molecule has 0 amide bonds. The number of aliphatic hydroxyl groups excluding tert-OH is 1. The van der Waals surface area contributed by atoms with Crippen LogP contribution in [-0.4, -0.2) is 31.8 Å². The molecule has 2 aromatic heterocycles. The summed E-state index contributed by atoms with van der Waals surface area (Å²) in [6.45, 7) is 1.80. The molecular weight excluding hydrogens is 354 g/mol. The average molecular weight is 375 g/mol. The molecule has 7 heteroatoms. The maximum absolute atomic E-state index is 10.1. The van der Waals surface area contributed by atoms with Crippen molar-refractivity contribution in [3.63, 3.8) is 0 Å². The van der Waals surface area contributed by atoms with Gasteiger partial charge in [-0.25, -0.2) is 9.97 Å². The van der Waals surface area contributed by atoms with Crippen LogP contribution in [0, 0.1) is 0 Å². The predicted octanol–water partition coefficient (Wildman–Crippen LogP) is 3.19. The molecule has 3 atom stereocenters. The van der Waals surface area contributed by atoms with Crippen molar-refractivity contribution in [3.05, 3.63) is 59.4 Å². The van der Waals surface area contributed by atoms with E-state index < -0.39 is 6.10 Å². The first-order valence-corrected chi connectivity index (χ1v) is 9.34. The summed E-state index contributed by atoms with van der Waals surface area (Å²) < 4.78 is 7.01. The molecule has 1 aliphatic rings. The van der Waals surface area contributed by atoms with Crippen molar-refractivity contribution in [1.29, 1.82) is 0 Å². The maximum Gasteiger partial charge on any atom is 0.223 e. The van der Waals surface area contributed by atoms with E-state index in [1.54, 1.807) is 18.5 Å². The molecular formula is C21H21N5O2. The highest BCUT2D eigenvalue weighted by molar-refractivity contribution is 5.95. The van der Waals surface area contributed by atoms with Crippen LogP contribution < -0.4 is 10.5 Å². The van der Waals surface area contributed by atoms with Crippen LogP contribution in [0.15, 0.2) is 42.5 Å². The van der Waals surface area contributed by atoms with Gasteiger partial charge in [-0.05, 0) is 42.5 Å². The lowest BCUT2D eigenvalue weighted by molar-refractivity contribution is 0.198. The lowest BCUT2D eigenvalue weighted by atomic mass is 9.98. The number of ether oxygens (including phenoxy) is 1. The van der Waals surface area contributed by atoms with Crippen molar-refractivity contribution in [2.24, 2.45) is 0 Å². The first-order valence-electron chi connectivity index (χ1n) is 9.34. The van der Waals surface area contributed by atoms with Crippen LogP contribution in [0.2, 0.25) is 0 Å². The van der Waals surface area contributed by atoms with Gasteiger partial charge in [-0.15, -0.1) is 5.10 Å². The van der Waals surface area contributed by atoms with Gasteiger partial charge in [0.05, 0.1) is 13.2 Å². The number of aliphatic hydroxyl groups is 1. The fourth-order valence-corrected chi connectivity index (χ4v) is 4.02. The predicted molar refractivity (Wildman–Crippen MR) is 106 cm³/mol. The Morgan fingerprint density at radius 2 is 1.96 bits per heavy atom. The quantitative estimate of drug-likeness (QED) is 0.568. The zero-order valence-electron chi connectivity index (χ0n) is 15.7. The molecule has 2 aromatic carbocycles. The Balaban J connectivity index is 1.59. The van der Waals surface area contributed by atoms with Gasteiger partial charge in [-0.3, -0.25) is 0 Å². The molecule has 28 heavy (non-hydrogen) atoms. The molecule has 5 rings (SSSR count). The summed E-state index contributed by atoms with van der Waals surface area (Å²) in [4.78, 5) is 9.27. The summed E-state index contributed by atoms with van der Waals surface area (Å²) in [5.74, 6) is 2.21. The maximum atomic E-state index is 10.1. The number of nitrogens with two attached hydrogens (primary N) is 1. The van der Waals surface area contributed by atoms with E-state index >= 15 is 0 Å². The van der Waals surface area contributed by atoms with Gasteiger partial charge in [0.2, 0.25) is 5.95 Å². The highest BCUT2D eigenvalue weighted by Gasteiger charge is 2.44. The Morgan fingerprint density at radius 1 is 1.14 bits per heavy atom. The molecule has 1 aliphatic carbocycles. The van der Waals surface area contributed by atoms with Gasteiger partial charge in [-0.2, -0.15) is 4.52 Å². The summed E-state index contributed by atoms with van der Waals surface area (Å²) >= 11 is 0. The largest absolute Gasteiger partial charge is 0.494 e. The number of benzene rings is 2. The van der Waals surface area contributed by atoms with Gasteiger partial charge in [0.25, 0.3) is 0 Å². The Labute approximate surface area is 161 Å². The van der Waals surface area contributed by atoms with E-state index in [0.29, 0.717) is 22.8 Å². The second kappa shape index (κ2) is 6.17. The van der Waals surface area contributed by atoms with Gasteiger partial charge in [0.15, 0.2) is 11.5 Å². The topological polar surface area (TPSA) is 98.6 Å². The molecule has 3 unspecified atom stereocenters. The summed E-state index contributed by atoms with van der Waals surface area (Å²) in [5.41, 5.74) is 9.65. The number of anilines is 1. The normalized spacial score (nSPS) is 19.8. The van der Waals surface area contributed by atoms with Gasteiger partial charge in [0, 0.05) is 11.3 Å². The molecule has 0 saturated heterocycles. The van der Waals surface area contributed by atoms with Gasteiger partial charge < -0.3 is 15.6 Å². The van der Waals surface area contributed by atoms with Crippen LogP contribution in [0.4, 0.5) is 5.95 Å². The third-order valence-corrected chi connectivity index (χ3v) is 5.49. The van der Waals surface area contributed by atoms with Crippen molar-refractivity contribution in [1.82, 2.24) is 19.6 Å². The molecule has 2 heterocycles. The summed E-state index contributed by atoms with van der Waals surface area (Å²) in [6, 6.07) is 13.7. The molecule has 0 radical (unpaired) electrons. The zero-order valence-corrected chi connectivity index (χ0v) is 15.7.